The van der Waals surface area contributed by atoms with Gasteiger partial charge in [-0.3, -0.25) is 24.3 Å². The van der Waals surface area contributed by atoms with Gasteiger partial charge in [-0.2, -0.15) is 0 Å². The molecule has 2 fully saturated rings. The van der Waals surface area contributed by atoms with Crippen LogP contribution in [-0.2, 0) is 27.3 Å². The van der Waals surface area contributed by atoms with Crippen molar-refractivity contribution in [3.05, 3.63) is 47.5 Å². The van der Waals surface area contributed by atoms with Crippen molar-refractivity contribution in [3.8, 4) is 0 Å². The van der Waals surface area contributed by atoms with Gasteiger partial charge in [0.1, 0.15) is 0 Å². The lowest BCUT2D eigenvalue weighted by molar-refractivity contribution is -0.140. The van der Waals surface area contributed by atoms with Crippen LogP contribution < -0.4 is 10.6 Å². The Kier molecular flexibility index (Phi) is 5.45. The Morgan fingerprint density at radius 2 is 1.75 bits per heavy atom. The minimum Gasteiger partial charge on any atom is -0.355 e. The first-order valence-electron chi connectivity index (χ1n) is 11.4. The standard InChI is InChI=1S/C24H29N5O3/c1-25-24(27-13-19(30)28-10-8-15-4-2-3-5-18(15)14-28)26-9-11-29-22(31)20-16-6-7-17(12-16)21(20)23(29)32/h2-7,16-17,20-21H,8-14H2,1H3,(H2,25,26,27). The number of aliphatic imine (C=N–C) groups is 1. The second kappa shape index (κ2) is 8.41. The quantitative estimate of drug-likeness (QED) is 0.305. The fourth-order valence-electron chi connectivity index (χ4n) is 5.67. The van der Waals surface area contributed by atoms with Gasteiger partial charge in [-0.1, -0.05) is 36.4 Å². The average molecular weight is 436 g/mol. The second-order valence-electron chi connectivity index (χ2n) is 9.01. The van der Waals surface area contributed by atoms with Crippen LogP contribution in [0.1, 0.15) is 17.5 Å². The van der Waals surface area contributed by atoms with Gasteiger partial charge in [0.05, 0.1) is 18.4 Å². The molecule has 4 atom stereocenters. The number of nitrogens with one attached hydrogen (secondary N) is 2. The molecule has 0 spiro atoms. The van der Waals surface area contributed by atoms with Crippen LogP contribution in [0.4, 0.5) is 0 Å². The monoisotopic (exact) mass is 435 g/mol. The summed E-state index contributed by atoms with van der Waals surface area (Å²) in [7, 11) is 1.64. The van der Waals surface area contributed by atoms with Crippen LogP contribution in [0.2, 0.25) is 0 Å². The van der Waals surface area contributed by atoms with Crippen molar-refractivity contribution in [2.24, 2.45) is 28.7 Å². The number of guanidine groups is 1. The zero-order valence-corrected chi connectivity index (χ0v) is 18.3. The maximum absolute atomic E-state index is 12.8. The van der Waals surface area contributed by atoms with E-state index in [9.17, 15) is 14.4 Å². The highest BCUT2D eigenvalue weighted by atomic mass is 16.2. The van der Waals surface area contributed by atoms with Crippen LogP contribution in [0, 0.1) is 23.7 Å². The molecule has 3 amide bonds. The van der Waals surface area contributed by atoms with Crippen LogP contribution in [0.3, 0.4) is 0 Å². The lowest BCUT2D eigenvalue weighted by Gasteiger charge is -2.29. The largest absolute Gasteiger partial charge is 0.355 e. The van der Waals surface area contributed by atoms with Crippen molar-refractivity contribution in [1.82, 2.24) is 20.4 Å². The van der Waals surface area contributed by atoms with Crippen molar-refractivity contribution < 1.29 is 14.4 Å². The van der Waals surface area contributed by atoms with Gasteiger partial charge in [0.25, 0.3) is 0 Å². The summed E-state index contributed by atoms with van der Waals surface area (Å²) in [6.07, 6.45) is 6.00. The molecule has 0 radical (unpaired) electrons. The summed E-state index contributed by atoms with van der Waals surface area (Å²) in [6, 6.07) is 8.22. The van der Waals surface area contributed by atoms with Gasteiger partial charge in [0, 0.05) is 33.2 Å². The summed E-state index contributed by atoms with van der Waals surface area (Å²) in [5.41, 5.74) is 2.50. The first-order chi connectivity index (χ1) is 15.6. The number of nitrogens with zero attached hydrogens (tertiary/aromatic N) is 3. The van der Waals surface area contributed by atoms with Crippen molar-refractivity contribution >= 4 is 23.7 Å². The molecule has 2 bridgehead atoms. The third-order valence-corrected chi connectivity index (χ3v) is 7.30. The highest BCUT2D eigenvalue weighted by molar-refractivity contribution is 6.06. The van der Waals surface area contributed by atoms with Crippen molar-refractivity contribution in [2.75, 3.05) is 33.2 Å². The summed E-state index contributed by atoms with van der Waals surface area (Å²) in [5, 5.41) is 6.17. The van der Waals surface area contributed by atoms with E-state index < -0.39 is 0 Å². The van der Waals surface area contributed by atoms with E-state index >= 15 is 0 Å². The molecule has 168 valence electrons. The van der Waals surface area contributed by atoms with Crippen molar-refractivity contribution in [3.63, 3.8) is 0 Å². The van der Waals surface area contributed by atoms with Crippen molar-refractivity contribution in [2.45, 2.75) is 19.4 Å². The predicted octanol–water partition coefficient (Wildman–Crippen LogP) is 0.543. The van der Waals surface area contributed by atoms with E-state index in [4.69, 9.17) is 0 Å². The second-order valence-corrected chi connectivity index (χ2v) is 9.01. The highest BCUT2D eigenvalue weighted by Gasteiger charge is 2.58. The summed E-state index contributed by atoms with van der Waals surface area (Å²) >= 11 is 0. The molecule has 0 aromatic heterocycles. The lowest BCUT2D eigenvalue weighted by atomic mass is 9.85. The molecular weight excluding hydrogens is 406 g/mol. The van der Waals surface area contributed by atoms with E-state index in [1.165, 1.54) is 16.0 Å². The molecule has 32 heavy (non-hydrogen) atoms. The number of amides is 3. The number of carbonyl (C=O) groups excluding carboxylic acids is 3. The summed E-state index contributed by atoms with van der Waals surface area (Å²) < 4.78 is 0. The fraction of sp³-hybridized carbons (Fsp3) is 0.500. The Balaban J connectivity index is 1.08. The molecule has 4 unspecified atom stereocenters. The summed E-state index contributed by atoms with van der Waals surface area (Å²) in [4.78, 5) is 45.6. The van der Waals surface area contributed by atoms with Crippen LogP contribution in [-0.4, -0.2) is 66.7 Å². The van der Waals surface area contributed by atoms with Crippen LogP contribution in [0.15, 0.2) is 41.4 Å². The molecule has 2 aliphatic heterocycles. The fourth-order valence-corrected chi connectivity index (χ4v) is 5.67. The van der Waals surface area contributed by atoms with E-state index in [0.717, 1.165) is 12.8 Å². The van der Waals surface area contributed by atoms with E-state index in [-0.39, 0.29) is 47.9 Å². The first kappa shape index (κ1) is 20.7. The topological polar surface area (TPSA) is 94.1 Å². The normalized spacial score (nSPS) is 28.2. The average Bonchev–Trinajstić information content (AvgIpc) is 3.50. The molecule has 8 nitrogen and oxygen atoms in total. The van der Waals surface area contributed by atoms with Gasteiger partial charge < -0.3 is 15.5 Å². The van der Waals surface area contributed by atoms with Crippen molar-refractivity contribution in [1.29, 1.82) is 0 Å². The van der Waals surface area contributed by atoms with Gasteiger partial charge >= 0.3 is 0 Å². The number of benzene rings is 1. The maximum Gasteiger partial charge on any atom is 0.242 e. The molecule has 1 aromatic rings. The molecule has 5 rings (SSSR count). The highest BCUT2D eigenvalue weighted by Crippen LogP contribution is 2.52. The molecule has 1 saturated heterocycles. The number of rotatable bonds is 5. The number of hydrogen-bond acceptors (Lipinski definition) is 4. The van der Waals surface area contributed by atoms with E-state index in [0.29, 0.717) is 32.1 Å². The Morgan fingerprint density at radius 3 is 2.44 bits per heavy atom. The minimum atomic E-state index is -0.165. The SMILES string of the molecule is CN=C(NCCN1C(=O)C2C3C=CC(C3)C2C1=O)NCC(=O)N1CCc2ccccc2C1. The van der Waals surface area contributed by atoms with E-state index in [1.807, 2.05) is 17.0 Å². The lowest BCUT2D eigenvalue weighted by Crippen LogP contribution is -2.47. The summed E-state index contributed by atoms with van der Waals surface area (Å²) in [5.74, 6) is 0.539. The first-order valence-corrected chi connectivity index (χ1v) is 11.4. The Labute approximate surface area is 187 Å². The number of likely N-dealkylation sites (tertiary alicyclic amines) is 1. The number of hydrogen-bond donors (Lipinski definition) is 2. The molecule has 4 aliphatic rings. The molecule has 1 saturated carbocycles. The number of carbonyl (C=O) groups is 3. The van der Waals surface area contributed by atoms with Crippen LogP contribution >= 0.6 is 0 Å². The van der Waals surface area contributed by atoms with Gasteiger partial charge in [-0.15, -0.1) is 0 Å². The smallest absolute Gasteiger partial charge is 0.242 e. The Hall–Kier alpha value is -3.16. The number of fused-ring (bicyclic) bond motifs is 6. The Morgan fingerprint density at radius 1 is 1.06 bits per heavy atom. The van der Waals surface area contributed by atoms with Gasteiger partial charge in [-0.25, -0.2) is 0 Å². The van der Waals surface area contributed by atoms with Gasteiger partial charge in [0.2, 0.25) is 17.7 Å². The molecule has 1 aromatic carbocycles. The third-order valence-electron chi connectivity index (χ3n) is 7.30. The Bertz CT molecular complexity index is 973. The summed E-state index contributed by atoms with van der Waals surface area (Å²) in [6.45, 7) is 2.18. The minimum absolute atomic E-state index is 0.0168. The predicted molar refractivity (Wildman–Crippen MR) is 119 cm³/mol. The molecule has 2 N–H and O–H groups in total. The van der Waals surface area contributed by atoms with Gasteiger partial charge in [-0.05, 0) is 35.8 Å². The van der Waals surface area contributed by atoms with Crippen LogP contribution in [0.25, 0.3) is 0 Å². The number of allylic oxidation sites excluding steroid dienone is 2. The number of imide groups is 1. The maximum atomic E-state index is 12.8. The van der Waals surface area contributed by atoms with E-state index in [2.05, 4.69) is 39.9 Å². The third kappa shape index (κ3) is 3.57. The molecule has 8 heteroatoms. The molecule has 2 aliphatic carbocycles. The van der Waals surface area contributed by atoms with Crippen LogP contribution in [0.5, 0.6) is 0 Å². The van der Waals surface area contributed by atoms with E-state index in [1.54, 1.807) is 7.05 Å². The molecular formula is C24H29N5O3. The van der Waals surface area contributed by atoms with Gasteiger partial charge in [0.15, 0.2) is 5.96 Å². The zero-order chi connectivity index (χ0) is 22.2. The molecule has 2 heterocycles. The zero-order valence-electron chi connectivity index (χ0n) is 18.3.